The van der Waals surface area contributed by atoms with E-state index < -0.39 is 17.3 Å². The molecule has 2 atom stereocenters. The normalized spacial score (nSPS) is 17.7. The van der Waals surface area contributed by atoms with E-state index in [0.717, 1.165) is 10.6 Å². The van der Waals surface area contributed by atoms with Gasteiger partial charge in [-0.1, -0.05) is 26.0 Å². The highest BCUT2D eigenvalue weighted by atomic mass is 32.2. The van der Waals surface area contributed by atoms with Gasteiger partial charge in [-0.25, -0.2) is 4.79 Å². The molecule has 0 saturated carbocycles. The molecule has 1 aliphatic heterocycles. The molecule has 0 aromatic heterocycles. The zero-order valence-corrected chi connectivity index (χ0v) is 14.8. The van der Waals surface area contributed by atoms with Crippen LogP contribution in [0.1, 0.15) is 26.7 Å². The highest BCUT2D eigenvalue weighted by molar-refractivity contribution is 8.01. The summed E-state index contributed by atoms with van der Waals surface area (Å²) in [5, 5.41) is 4.97. The highest BCUT2D eigenvalue weighted by Gasteiger charge is 2.30. The monoisotopic (exact) mass is 350 g/mol. The first-order chi connectivity index (χ1) is 11.4. The molecule has 0 saturated heterocycles. The van der Waals surface area contributed by atoms with Crippen LogP contribution in [0.5, 0.6) is 0 Å². The molecule has 0 fully saturated rings. The van der Waals surface area contributed by atoms with E-state index in [1.165, 1.54) is 18.9 Å². The van der Waals surface area contributed by atoms with Crippen molar-refractivity contribution >= 4 is 35.2 Å². The lowest BCUT2D eigenvalue weighted by Crippen LogP contribution is -2.44. The number of hydrogen-bond acceptors (Lipinski definition) is 5. The molecule has 0 radical (unpaired) electrons. The molecule has 6 nitrogen and oxygen atoms in total. The third-order valence-electron chi connectivity index (χ3n) is 3.61. The zero-order valence-electron chi connectivity index (χ0n) is 14.0. The summed E-state index contributed by atoms with van der Waals surface area (Å²) in [6, 6.07) is 6.77. The summed E-state index contributed by atoms with van der Waals surface area (Å²) in [4.78, 5) is 37.1. The molecule has 130 valence electrons. The summed E-state index contributed by atoms with van der Waals surface area (Å²) in [6.07, 6.45) is 0.502. The molecule has 7 heteroatoms. The van der Waals surface area contributed by atoms with Gasteiger partial charge in [-0.2, -0.15) is 0 Å². The second-order valence-electron chi connectivity index (χ2n) is 6.07. The van der Waals surface area contributed by atoms with Crippen molar-refractivity contribution in [1.82, 2.24) is 5.32 Å². The van der Waals surface area contributed by atoms with E-state index in [4.69, 9.17) is 4.74 Å². The predicted molar refractivity (Wildman–Crippen MR) is 92.7 cm³/mol. The van der Waals surface area contributed by atoms with Gasteiger partial charge in [0, 0.05) is 11.3 Å². The van der Waals surface area contributed by atoms with E-state index in [-0.39, 0.29) is 24.2 Å². The molecule has 1 aromatic rings. The largest absolute Gasteiger partial charge is 0.467 e. The van der Waals surface area contributed by atoms with Crippen molar-refractivity contribution in [2.75, 3.05) is 12.4 Å². The molecule has 0 aliphatic carbocycles. The van der Waals surface area contributed by atoms with Crippen LogP contribution in [0.2, 0.25) is 0 Å². The van der Waals surface area contributed by atoms with Gasteiger partial charge in [0.1, 0.15) is 6.04 Å². The SMILES string of the molecule is COC(=O)[C@H](CC(C)C)NC(=O)C[C@@H]1Sc2ccccc2NC1=O. The summed E-state index contributed by atoms with van der Waals surface area (Å²) >= 11 is 1.36. The van der Waals surface area contributed by atoms with E-state index in [9.17, 15) is 14.4 Å². The number of fused-ring (bicyclic) bond motifs is 1. The summed E-state index contributed by atoms with van der Waals surface area (Å²) in [5.41, 5.74) is 0.761. The average Bonchev–Trinajstić information content (AvgIpc) is 2.53. The van der Waals surface area contributed by atoms with Crippen LogP contribution >= 0.6 is 11.8 Å². The molecule has 24 heavy (non-hydrogen) atoms. The molecule has 0 spiro atoms. The first kappa shape index (κ1) is 18.3. The minimum Gasteiger partial charge on any atom is -0.467 e. The molecule has 2 rings (SSSR count). The van der Waals surface area contributed by atoms with Crippen molar-refractivity contribution in [3.63, 3.8) is 0 Å². The van der Waals surface area contributed by atoms with Gasteiger partial charge in [0.05, 0.1) is 18.0 Å². The standard InChI is InChI=1S/C17H22N2O4S/c1-10(2)8-12(17(22)23-3)18-15(20)9-14-16(21)19-11-6-4-5-7-13(11)24-14/h4-7,10,12,14H,8-9H2,1-3H3,(H,18,20)(H,19,21)/t12-,14-/m0/s1. The fraction of sp³-hybridized carbons (Fsp3) is 0.471. The maximum absolute atomic E-state index is 12.3. The molecule has 1 aromatic carbocycles. The van der Waals surface area contributed by atoms with Gasteiger partial charge < -0.3 is 15.4 Å². The number of benzene rings is 1. The van der Waals surface area contributed by atoms with Gasteiger partial charge in [-0.05, 0) is 24.5 Å². The van der Waals surface area contributed by atoms with Crippen LogP contribution in [0.25, 0.3) is 0 Å². The Bertz CT molecular complexity index is 633. The summed E-state index contributed by atoms with van der Waals surface area (Å²) in [6.45, 7) is 3.92. The van der Waals surface area contributed by atoms with E-state index in [2.05, 4.69) is 10.6 Å². The van der Waals surface area contributed by atoms with Crippen LogP contribution in [0.4, 0.5) is 5.69 Å². The second-order valence-corrected chi connectivity index (χ2v) is 7.31. The lowest BCUT2D eigenvalue weighted by molar-refractivity contribution is -0.145. The van der Waals surface area contributed by atoms with Gasteiger partial charge in [-0.15, -0.1) is 11.8 Å². The lowest BCUT2D eigenvalue weighted by atomic mass is 10.0. The number of methoxy groups -OCH3 is 1. The molecule has 1 aliphatic rings. The van der Waals surface area contributed by atoms with Gasteiger partial charge in [-0.3, -0.25) is 9.59 Å². The molecular weight excluding hydrogens is 328 g/mol. The third kappa shape index (κ3) is 4.74. The molecule has 2 amide bonds. The summed E-state index contributed by atoms with van der Waals surface area (Å²) in [5.74, 6) is -0.776. The third-order valence-corrected chi connectivity index (χ3v) is 4.88. The zero-order chi connectivity index (χ0) is 17.7. The fourth-order valence-corrected chi connectivity index (χ4v) is 3.59. The van der Waals surface area contributed by atoms with Crippen molar-refractivity contribution in [2.24, 2.45) is 5.92 Å². The Morgan fingerprint density at radius 1 is 1.33 bits per heavy atom. The van der Waals surface area contributed by atoms with Crippen LogP contribution in [0.15, 0.2) is 29.2 Å². The first-order valence-corrected chi connectivity index (χ1v) is 8.72. The molecular formula is C17H22N2O4S. The van der Waals surface area contributed by atoms with E-state index >= 15 is 0 Å². The van der Waals surface area contributed by atoms with Gasteiger partial charge >= 0.3 is 5.97 Å². The number of nitrogens with one attached hydrogen (secondary N) is 2. The smallest absolute Gasteiger partial charge is 0.328 e. The Morgan fingerprint density at radius 2 is 2.04 bits per heavy atom. The Kier molecular flexibility index (Phi) is 6.25. The van der Waals surface area contributed by atoms with Crippen LogP contribution in [-0.4, -0.2) is 36.2 Å². The number of anilines is 1. The quantitative estimate of drug-likeness (QED) is 0.768. The number of carbonyl (C=O) groups is 3. The summed E-state index contributed by atoms with van der Waals surface area (Å²) in [7, 11) is 1.29. The number of para-hydroxylation sites is 1. The van der Waals surface area contributed by atoms with Crippen molar-refractivity contribution in [1.29, 1.82) is 0 Å². The van der Waals surface area contributed by atoms with E-state index in [1.807, 2.05) is 38.1 Å². The molecule has 1 heterocycles. The number of thioether (sulfide) groups is 1. The van der Waals surface area contributed by atoms with Gasteiger partial charge in [0.25, 0.3) is 0 Å². The van der Waals surface area contributed by atoms with Gasteiger partial charge in [0.15, 0.2) is 0 Å². The summed E-state index contributed by atoms with van der Waals surface area (Å²) < 4.78 is 4.73. The lowest BCUT2D eigenvalue weighted by Gasteiger charge is -2.24. The second kappa shape index (κ2) is 8.19. The van der Waals surface area contributed by atoms with Crippen LogP contribution in [-0.2, 0) is 19.1 Å². The van der Waals surface area contributed by atoms with Crippen molar-refractivity contribution in [3.8, 4) is 0 Å². The average molecular weight is 350 g/mol. The number of rotatable bonds is 6. The molecule has 0 unspecified atom stereocenters. The Labute approximate surface area is 145 Å². The highest BCUT2D eigenvalue weighted by Crippen LogP contribution is 2.36. The minimum atomic E-state index is -0.688. The Balaban J connectivity index is 1.98. The molecule has 2 N–H and O–H groups in total. The van der Waals surface area contributed by atoms with Crippen LogP contribution in [0.3, 0.4) is 0 Å². The van der Waals surface area contributed by atoms with E-state index in [1.54, 1.807) is 0 Å². The van der Waals surface area contributed by atoms with Crippen LogP contribution < -0.4 is 10.6 Å². The topological polar surface area (TPSA) is 84.5 Å². The maximum atomic E-state index is 12.3. The fourth-order valence-electron chi connectivity index (χ4n) is 2.48. The Hall–Kier alpha value is -2.02. The number of ether oxygens (including phenoxy) is 1. The number of amides is 2. The van der Waals surface area contributed by atoms with E-state index in [0.29, 0.717) is 6.42 Å². The van der Waals surface area contributed by atoms with Crippen molar-refractivity contribution in [2.45, 2.75) is 42.9 Å². The number of hydrogen-bond donors (Lipinski definition) is 2. The van der Waals surface area contributed by atoms with Crippen molar-refractivity contribution < 1.29 is 19.1 Å². The Morgan fingerprint density at radius 3 is 2.71 bits per heavy atom. The first-order valence-electron chi connectivity index (χ1n) is 7.84. The maximum Gasteiger partial charge on any atom is 0.328 e. The van der Waals surface area contributed by atoms with Crippen molar-refractivity contribution in [3.05, 3.63) is 24.3 Å². The predicted octanol–water partition coefficient (Wildman–Crippen LogP) is 2.19. The number of esters is 1. The van der Waals surface area contributed by atoms with Crippen LogP contribution in [0, 0.1) is 5.92 Å². The minimum absolute atomic E-state index is 0.0103. The van der Waals surface area contributed by atoms with Gasteiger partial charge in [0.2, 0.25) is 11.8 Å². The number of carbonyl (C=O) groups excluding carboxylic acids is 3. The molecule has 0 bridgehead atoms.